The second kappa shape index (κ2) is 4.55. The third-order valence-electron chi connectivity index (χ3n) is 2.91. The van der Waals surface area contributed by atoms with Gasteiger partial charge in [-0.3, -0.25) is 4.98 Å². The highest BCUT2D eigenvalue weighted by Gasteiger charge is 2.20. The third kappa shape index (κ3) is 2.53. The average molecular weight is 245 g/mol. The summed E-state index contributed by atoms with van der Waals surface area (Å²) in [6.07, 6.45) is 6.44. The van der Waals surface area contributed by atoms with Crippen molar-refractivity contribution < 1.29 is 0 Å². The molecule has 2 aromatic heterocycles. The van der Waals surface area contributed by atoms with Crippen LogP contribution in [-0.2, 0) is 6.54 Å². The normalized spacial score (nSPS) is 15.1. The van der Waals surface area contributed by atoms with Gasteiger partial charge in [0.1, 0.15) is 10.7 Å². The Bertz CT molecular complexity index is 517. The molecule has 0 unspecified atom stereocenters. The fourth-order valence-corrected chi connectivity index (χ4v) is 2.67. The predicted molar refractivity (Wildman–Crippen MR) is 69.9 cm³/mol. The Balaban J connectivity index is 1.77. The first kappa shape index (κ1) is 10.9. The van der Waals surface area contributed by atoms with Crippen molar-refractivity contribution in [3.8, 4) is 10.7 Å². The number of aromatic nitrogens is 2. The van der Waals surface area contributed by atoms with Crippen LogP contribution >= 0.6 is 11.3 Å². The van der Waals surface area contributed by atoms with Crippen molar-refractivity contribution in [1.29, 1.82) is 0 Å². The summed E-state index contributed by atoms with van der Waals surface area (Å²) in [4.78, 5) is 10.1. The summed E-state index contributed by atoms with van der Waals surface area (Å²) in [5.74, 6) is 0. The first-order valence-corrected chi connectivity index (χ1v) is 6.74. The van der Waals surface area contributed by atoms with Crippen LogP contribution in [0.25, 0.3) is 10.7 Å². The molecule has 0 bridgehead atoms. The maximum atomic E-state index is 4.46. The molecule has 4 heteroatoms. The molecule has 17 heavy (non-hydrogen) atoms. The van der Waals surface area contributed by atoms with Gasteiger partial charge in [0.2, 0.25) is 0 Å². The minimum atomic E-state index is 0.747. The third-order valence-corrected chi connectivity index (χ3v) is 3.91. The fourth-order valence-electron chi connectivity index (χ4n) is 1.74. The molecular weight excluding hydrogens is 230 g/mol. The minimum absolute atomic E-state index is 0.747. The molecule has 88 valence electrons. The molecule has 3 rings (SSSR count). The van der Waals surface area contributed by atoms with Gasteiger partial charge in [0.15, 0.2) is 0 Å². The molecule has 0 spiro atoms. The molecule has 0 aliphatic heterocycles. The molecule has 3 nitrogen and oxygen atoms in total. The molecule has 0 saturated heterocycles. The molecule has 2 heterocycles. The number of rotatable bonds is 4. The largest absolute Gasteiger partial charge is 0.309 e. The summed E-state index contributed by atoms with van der Waals surface area (Å²) in [6.45, 7) is 3.01. The van der Waals surface area contributed by atoms with E-state index in [1.807, 2.05) is 18.5 Å². The van der Waals surface area contributed by atoms with Gasteiger partial charge in [-0.25, -0.2) is 4.98 Å². The topological polar surface area (TPSA) is 37.8 Å². The van der Waals surface area contributed by atoms with Gasteiger partial charge in [0, 0.05) is 29.9 Å². The van der Waals surface area contributed by atoms with Gasteiger partial charge >= 0.3 is 0 Å². The number of thiazole rings is 1. The predicted octanol–water partition coefficient (Wildman–Crippen LogP) is 2.77. The Labute approximate surface area is 105 Å². The number of aryl methyl sites for hydroxylation is 1. The number of hydrogen-bond acceptors (Lipinski definition) is 4. The van der Waals surface area contributed by atoms with Gasteiger partial charge in [-0.05, 0) is 31.4 Å². The van der Waals surface area contributed by atoms with Crippen LogP contribution < -0.4 is 5.32 Å². The molecule has 2 aromatic rings. The minimum Gasteiger partial charge on any atom is -0.309 e. The Hall–Kier alpha value is -1.26. The van der Waals surface area contributed by atoms with E-state index in [4.69, 9.17) is 0 Å². The van der Waals surface area contributed by atoms with Crippen molar-refractivity contribution in [1.82, 2.24) is 15.3 Å². The van der Waals surface area contributed by atoms with E-state index < -0.39 is 0 Å². The summed E-state index contributed by atoms with van der Waals surface area (Å²) < 4.78 is 0. The van der Waals surface area contributed by atoms with Crippen molar-refractivity contribution >= 4 is 11.3 Å². The second-order valence-corrected chi connectivity index (χ2v) is 5.57. The first-order valence-electron chi connectivity index (χ1n) is 5.93. The summed E-state index contributed by atoms with van der Waals surface area (Å²) in [7, 11) is 0. The van der Waals surface area contributed by atoms with E-state index in [0.717, 1.165) is 23.3 Å². The maximum Gasteiger partial charge on any atom is 0.142 e. The average Bonchev–Trinajstić information content (AvgIpc) is 3.06. The zero-order valence-electron chi connectivity index (χ0n) is 9.81. The lowest BCUT2D eigenvalue weighted by atomic mass is 10.2. The first-order chi connectivity index (χ1) is 8.33. The Morgan fingerprint density at radius 2 is 2.29 bits per heavy atom. The highest BCUT2D eigenvalue weighted by atomic mass is 32.1. The van der Waals surface area contributed by atoms with Gasteiger partial charge in [-0.1, -0.05) is 6.07 Å². The molecule has 1 fully saturated rings. The van der Waals surface area contributed by atoms with Gasteiger partial charge < -0.3 is 5.32 Å². The van der Waals surface area contributed by atoms with Crippen molar-refractivity contribution in [2.75, 3.05) is 0 Å². The monoisotopic (exact) mass is 245 g/mol. The van der Waals surface area contributed by atoms with Crippen LogP contribution in [0.15, 0.2) is 24.5 Å². The molecule has 1 N–H and O–H groups in total. The maximum absolute atomic E-state index is 4.46. The Morgan fingerprint density at radius 1 is 1.41 bits per heavy atom. The summed E-state index contributed by atoms with van der Waals surface area (Å²) in [5.41, 5.74) is 2.19. The lowest BCUT2D eigenvalue weighted by Gasteiger charge is -1.99. The lowest BCUT2D eigenvalue weighted by molar-refractivity contribution is 0.694. The molecule has 0 radical (unpaired) electrons. The van der Waals surface area contributed by atoms with Crippen LogP contribution in [0.2, 0.25) is 0 Å². The highest BCUT2D eigenvalue weighted by molar-refractivity contribution is 7.15. The highest BCUT2D eigenvalue weighted by Crippen LogP contribution is 2.26. The summed E-state index contributed by atoms with van der Waals surface area (Å²) in [5, 5.41) is 4.53. The van der Waals surface area contributed by atoms with Gasteiger partial charge in [-0.2, -0.15) is 0 Å². The molecule has 1 aliphatic carbocycles. The SMILES string of the molecule is Cc1cccnc1-c1ncc(CNC2CC2)s1. The summed E-state index contributed by atoms with van der Waals surface area (Å²) >= 11 is 1.73. The number of hydrogen-bond donors (Lipinski definition) is 1. The van der Waals surface area contributed by atoms with Gasteiger partial charge in [0.25, 0.3) is 0 Å². The Kier molecular flexibility index (Phi) is 2.91. The fraction of sp³-hybridized carbons (Fsp3) is 0.385. The number of nitrogens with one attached hydrogen (secondary N) is 1. The van der Waals surface area contributed by atoms with E-state index >= 15 is 0 Å². The quantitative estimate of drug-likeness (QED) is 0.900. The lowest BCUT2D eigenvalue weighted by Crippen LogP contribution is -2.14. The van der Waals surface area contributed by atoms with Crippen molar-refractivity contribution in [2.24, 2.45) is 0 Å². The molecular formula is C13H15N3S. The van der Waals surface area contributed by atoms with E-state index in [9.17, 15) is 0 Å². The molecule has 0 aromatic carbocycles. The molecule has 0 amide bonds. The molecule has 1 aliphatic rings. The van der Waals surface area contributed by atoms with E-state index in [0.29, 0.717) is 0 Å². The van der Waals surface area contributed by atoms with Gasteiger partial charge in [-0.15, -0.1) is 11.3 Å². The van der Waals surface area contributed by atoms with Crippen molar-refractivity contribution in [3.05, 3.63) is 35.0 Å². The van der Waals surface area contributed by atoms with Crippen LogP contribution in [0, 0.1) is 6.92 Å². The smallest absolute Gasteiger partial charge is 0.142 e. The Morgan fingerprint density at radius 3 is 3.06 bits per heavy atom. The van der Waals surface area contributed by atoms with Crippen LogP contribution in [0.4, 0.5) is 0 Å². The zero-order valence-corrected chi connectivity index (χ0v) is 10.6. The van der Waals surface area contributed by atoms with E-state index in [-0.39, 0.29) is 0 Å². The number of pyridine rings is 1. The van der Waals surface area contributed by atoms with E-state index in [1.165, 1.54) is 23.3 Å². The van der Waals surface area contributed by atoms with E-state index in [1.54, 1.807) is 11.3 Å². The van der Waals surface area contributed by atoms with Crippen LogP contribution in [0.1, 0.15) is 23.3 Å². The molecule has 1 saturated carbocycles. The summed E-state index contributed by atoms with van der Waals surface area (Å²) in [6, 6.07) is 4.78. The zero-order chi connectivity index (χ0) is 11.7. The van der Waals surface area contributed by atoms with Gasteiger partial charge in [0.05, 0.1) is 0 Å². The van der Waals surface area contributed by atoms with Crippen molar-refractivity contribution in [3.63, 3.8) is 0 Å². The van der Waals surface area contributed by atoms with Crippen LogP contribution in [0.5, 0.6) is 0 Å². The molecule has 0 atom stereocenters. The standard InChI is InChI=1S/C13H15N3S/c1-9-3-2-6-14-12(9)13-16-8-11(17-13)7-15-10-4-5-10/h2-3,6,8,10,15H,4-5,7H2,1H3. The van der Waals surface area contributed by atoms with Crippen LogP contribution in [-0.4, -0.2) is 16.0 Å². The number of nitrogens with zero attached hydrogens (tertiary/aromatic N) is 2. The second-order valence-electron chi connectivity index (χ2n) is 4.46. The van der Waals surface area contributed by atoms with Crippen molar-refractivity contribution in [2.45, 2.75) is 32.4 Å². The van der Waals surface area contributed by atoms with E-state index in [2.05, 4.69) is 28.3 Å². The van der Waals surface area contributed by atoms with Crippen LogP contribution in [0.3, 0.4) is 0 Å².